The van der Waals surface area contributed by atoms with E-state index >= 15 is 0 Å². The maximum absolute atomic E-state index is 12.7. The Balaban J connectivity index is 1.68. The smallest absolute Gasteiger partial charge is 0.247 e. The van der Waals surface area contributed by atoms with Crippen LogP contribution in [0, 0.1) is 0 Å². The number of hydrogen-bond acceptors (Lipinski definition) is 4. The third kappa shape index (κ3) is 2.74. The summed E-state index contributed by atoms with van der Waals surface area (Å²) in [6, 6.07) is -0.0109. The molecule has 1 aliphatic carbocycles. The van der Waals surface area contributed by atoms with Crippen LogP contribution in [-0.2, 0) is 9.59 Å². The fourth-order valence-electron chi connectivity index (χ4n) is 3.82. The quantitative estimate of drug-likeness (QED) is 0.758. The third-order valence-corrected chi connectivity index (χ3v) is 4.91. The van der Waals surface area contributed by atoms with Crippen LogP contribution in [-0.4, -0.2) is 59.9 Å². The fraction of sp³-hybridized carbons (Fsp3) is 0.867. The first kappa shape index (κ1) is 14.0. The molecule has 5 heteroatoms. The highest BCUT2D eigenvalue weighted by molar-refractivity contribution is 6.05. The Morgan fingerprint density at radius 2 is 1.75 bits per heavy atom. The fourth-order valence-corrected chi connectivity index (χ4v) is 3.82. The van der Waals surface area contributed by atoms with Crippen molar-refractivity contribution in [2.45, 2.75) is 57.0 Å². The molecule has 0 aromatic heterocycles. The van der Waals surface area contributed by atoms with Crippen LogP contribution in [0.25, 0.3) is 0 Å². The number of imide groups is 1. The van der Waals surface area contributed by atoms with Gasteiger partial charge in [0.2, 0.25) is 11.8 Å². The van der Waals surface area contributed by atoms with E-state index in [4.69, 9.17) is 0 Å². The number of carbonyl (C=O) groups is 2. The molecule has 2 heterocycles. The first-order chi connectivity index (χ1) is 9.77. The van der Waals surface area contributed by atoms with Crippen molar-refractivity contribution in [1.29, 1.82) is 0 Å². The van der Waals surface area contributed by atoms with Crippen molar-refractivity contribution in [3.63, 3.8) is 0 Å². The normalized spacial score (nSPS) is 30.8. The lowest BCUT2D eigenvalue weighted by atomic mass is 9.94. The van der Waals surface area contributed by atoms with E-state index in [-0.39, 0.29) is 23.9 Å². The number of carbonyl (C=O) groups excluding carboxylic acids is 2. The maximum Gasteiger partial charge on any atom is 0.247 e. The van der Waals surface area contributed by atoms with Crippen LogP contribution in [0.2, 0.25) is 0 Å². The minimum absolute atomic E-state index is 0.0594. The van der Waals surface area contributed by atoms with Crippen LogP contribution < -0.4 is 5.32 Å². The molecule has 1 atom stereocenters. The second-order valence-corrected chi connectivity index (χ2v) is 6.25. The van der Waals surface area contributed by atoms with E-state index in [9.17, 15) is 9.59 Å². The van der Waals surface area contributed by atoms with Crippen LogP contribution in [0.3, 0.4) is 0 Å². The number of hydrogen-bond donors (Lipinski definition) is 1. The SMILES string of the molecule is O=C1CC(N2CCCNCC2)C(=O)N1C1CCCCC1. The van der Waals surface area contributed by atoms with Gasteiger partial charge in [-0.05, 0) is 25.8 Å². The van der Waals surface area contributed by atoms with Gasteiger partial charge in [-0.1, -0.05) is 19.3 Å². The third-order valence-electron chi connectivity index (χ3n) is 4.91. The molecule has 2 aliphatic heterocycles. The largest absolute Gasteiger partial charge is 0.315 e. The lowest BCUT2D eigenvalue weighted by Gasteiger charge is -2.31. The zero-order chi connectivity index (χ0) is 13.9. The van der Waals surface area contributed by atoms with E-state index in [1.807, 2.05) is 0 Å². The van der Waals surface area contributed by atoms with E-state index in [0.717, 1.165) is 58.3 Å². The van der Waals surface area contributed by atoms with Crippen LogP contribution in [0.1, 0.15) is 44.9 Å². The zero-order valence-corrected chi connectivity index (χ0v) is 12.1. The summed E-state index contributed by atoms with van der Waals surface area (Å²) in [5, 5.41) is 3.35. The highest BCUT2D eigenvalue weighted by atomic mass is 16.2. The average molecular weight is 279 g/mol. The van der Waals surface area contributed by atoms with Crippen molar-refractivity contribution in [3.8, 4) is 0 Å². The van der Waals surface area contributed by atoms with E-state index in [1.165, 1.54) is 6.42 Å². The van der Waals surface area contributed by atoms with Gasteiger partial charge in [0.25, 0.3) is 0 Å². The summed E-state index contributed by atoms with van der Waals surface area (Å²) in [4.78, 5) is 28.8. The number of nitrogens with one attached hydrogen (secondary N) is 1. The maximum atomic E-state index is 12.7. The number of nitrogens with zero attached hydrogens (tertiary/aromatic N) is 2. The monoisotopic (exact) mass is 279 g/mol. The summed E-state index contributed by atoms with van der Waals surface area (Å²) in [6.07, 6.45) is 7.02. The van der Waals surface area contributed by atoms with Gasteiger partial charge in [-0.3, -0.25) is 19.4 Å². The highest BCUT2D eigenvalue weighted by Crippen LogP contribution is 2.29. The molecule has 0 spiro atoms. The van der Waals surface area contributed by atoms with E-state index in [1.54, 1.807) is 4.90 Å². The van der Waals surface area contributed by atoms with Gasteiger partial charge in [0, 0.05) is 25.7 Å². The second kappa shape index (κ2) is 6.22. The molecular weight excluding hydrogens is 254 g/mol. The molecule has 1 saturated carbocycles. The predicted molar refractivity (Wildman–Crippen MR) is 76.2 cm³/mol. The molecule has 0 radical (unpaired) electrons. The topological polar surface area (TPSA) is 52.7 Å². The summed E-state index contributed by atoms with van der Waals surface area (Å²) >= 11 is 0. The molecule has 3 rings (SSSR count). The molecule has 0 bridgehead atoms. The van der Waals surface area contributed by atoms with Gasteiger partial charge in [0.1, 0.15) is 0 Å². The number of likely N-dealkylation sites (tertiary alicyclic amines) is 1. The molecule has 0 aromatic rings. The van der Waals surface area contributed by atoms with E-state index < -0.39 is 0 Å². The first-order valence-electron chi connectivity index (χ1n) is 8.08. The van der Waals surface area contributed by atoms with Crippen LogP contribution >= 0.6 is 0 Å². The van der Waals surface area contributed by atoms with Crippen molar-refractivity contribution < 1.29 is 9.59 Å². The molecule has 1 N–H and O–H groups in total. The Morgan fingerprint density at radius 1 is 0.950 bits per heavy atom. The Hall–Kier alpha value is -0.940. The van der Waals surface area contributed by atoms with Gasteiger partial charge in [-0.2, -0.15) is 0 Å². The summed E-state index contributed by atoms with van der Waals surface area (Å²) in [7, 11) is 0. The molecule has 0 aromatic carbocycles. The second-order valence-electron chi connectivity index (χ2n) is 6.25. The van der Waals surface area contributed by atoms with Gasteiger partial charge in [0.15, 0.2) is 0 Å². The molecule has 3 aliphatic rings. The molecule has 20 heavy (non-hydrogen) atoms. The van der Waals surface area contributed by atoms with Crippen molar-refractivity contribution >= 4 is 11.8 Å². The summed E-state index contributed by atoms with van der Waals surface area (Å²) in [5.74, 6) is 0.132. The average Bonchev–Trinajstić information content (AvgIpc) is 2.67. The predicted octanol–water partition coefficient (Wildman–Crippen LogP) is 0.742. The van der Waals surface area contributed by atoms with Gasteiger partial charge in [-0.15, -0.1) is 0 Å². The Morgan fingerprint density at radius 3 is 2.55 bits per heavy atom. The molecule has 2 saturated heterocycles. The Labute approximate surface area is 120 Å². The van der Waals surface area contributed by atoms with E-state index in [0.29, 0.717) is 6.42 Å². The molecule has 2 amide bonds. The molecule has 1 unspecified atom stereocenters. The highest BCUT2D eigenvalue weighted by Gasteiger charge is 2.44. The van der Waals surface area contributed by atoms with Crippen molar-refractivity contribution in [3.05, 3.63) is 0 Å². The Bertz CT molecular complexity index is 371. The molecular formula is C15H25N3O2. The summed E-state index contributed by atoms with van der Waals surface area (Å²) in [5.41, 5.74) is 0. The summed E-state index contributed by atoms with van der Waals surface area (Å²) in [6.45, 7) is 3.73. The lowest BCUT2D eigenvalue weighted by Crippen LogP contribution is -2.47. The number of rotatable bonds is 2. The van der Waals surface area contributed by atoms with Crippen LogP contribution in [0.4, 0.5) is 0 Å². The van der Waals surface area contributed by atoms with Crippen molar-refractivity contribution in [2.24, 2.45) is 0 Å². The minimum atomic E-state index is -0.190. The first-order valence-corrected chi connectivity index (χ1v) is 8.08. The van der Waals surface area contributed by atoms with Gasteiger partial charge in [0.05, 0.1) is 12.5 Å². The molecule has 112 valence electrons. The minimum Gasteiger partial charge on any atom is -0.315 e. The Kier molecular flexibility index (Phi) is 4.36. The van der Waals surface area contributed by atoms with Crippen molar-refractivity contribution in [1.82, 2.24) is 15.1 Å². The van der Waals surface area contributed by atoms with E-state index in [2.05, 4.69) is 10.2 Å². The van der Waals surface area contributed by atoms with Gasteiger partial charge in [-0.25, -0.2) is 0 Å². The van der Waals surface area contributed by atoms with Gasteiger partial charge < -0.3 is 5.32 Å². The van der Waals surface area contributed by atoms with Crippen LogP contribution in [0.15, 0.2) is 0 Å². The van der Waals surface area contributed by atoms with Crippen LogP contribution in [0.5, 0.6) is 0 Å². The number of amides is 2. The lowest BCUT2D eigenvalue weighted by molar-refractivity contribution is -0.143. The van der Waals surface area contributed by atoms with Gasteiger partial charge >= 0.3 is 0 Å². The summed E-state index contributed by atoms with van der Waals surface area (Å²) < 4.78 is 0. The molecule has 5 nitrogen and oxygen atoms in total. The molecule has 3 fully saturated rings. The zero-order valence-electron chi connectivity index (χ0n) is 12.1. The standard InChI is InChI=1S/C15H25N3O2/c19-14-11-13(17-9-4-7-16-8-10-17)15(20)18(14)12-5-2-1-3-6-12/h12-13,16H,1-11H2. The van der Waals surface area contributed by atoms with Crippen molar-refractivity contribution in [2.75, 3.05) is 26.2 Å².